The first-order valence-corrected chi connectivity index (χ1v) is 10.6. The topological polar surface area (TPSA) is 60.3 Å². The molecule has 162 valence electrons. The highest BCUT2D eigenvalue weighted by atomic mass is 35.5. The maximum atomic E-state index is 12.6. The third kappa shape index (κ3) is 4.39. The van der Waals surface area contributed by atoms with E-state index in [1.165, 1.54) is 7.11 Å². The van der Waals surface area contributed by atoms with Crippen molar-refractivity contribution in [3.63, 3.8) is 0 Å². The van der Waals surface area contributed by atoms with Gasteiger partial charge in [0.1, 0.15) is 5.69 Å². The lowest BCUT2D eigenvalue weighted by molar-refractivity contribution is 0.0599. The molecule has 0 saturated heterocycles. The van der Waals surface area contributed by atoms with Crippen molar-refractivity contribution >= 4 is 34.4 Å². The van der Waals surface area contributed by atoms with Crippen LogP contribution in [0.2, 0.25) is 5.02 Å². The average Bonchev–Trinajstić information content (AvgIpc) is 3.17. The van der Waals surface area contributed by atoms with E-state index in [4.69, 9.17) is 16.3 Å². The summed E-state index contributed by atoms with van der Waals surface area (Å²) in [7, 11) is 2.99. The zero-order chi connectivity index (χ0) is 22.7. The monoisotopic (exact) mass is 446 g/mol. The Morgan fingerprint density at radius 1 is 0.969 bits per heavy atom. The second kappa shape index (κ2) is 9.28. The normalized spacial score (nSPS) is 10.8. The van der Waals surface area contributed by atoms with Crippen molar-refractivity contribution in [1.82, 2.24) is 9.88 Å². The number of benzene rings is 3. The van der Waals surface area contributed by atoms with E-state index >= 15 is 0 Å². The fourth-order valence-electron chi connectivity index (χ4n) is 3.91. The van der Waals surface area contributed by atoms with Crippen molar-refractivity contribution in [3.05, 3.63) is 106 Å². The number of carbonyl (C=O) groups excluding carboxylic acids is 2. The van der Waals surface area contributed by atoms with Crippen LogP contribution in [0, 0.1) is 0 Å². The van der Waals surface area contributed by atoms with Crippen molar-refractivity contribution in [1.29, 1.82) is 0 Å². The Balaban J connectivity index is 1.74. The number of nitrogens with one attached hydrogen (secondary N) is 1. The molecule has 0 aliphatic heterocycles. The fraction of sp³-hybridized carbons (Fsp3) is 0.154. The molecule has 6 heteroatoms. The Morgan fingerprint density at radius 3 is 2.47 bits per heavy atom. The number of amides is 1. The van der Waals surface area contributed by atoms with Gasteiger partial charge in [-0.3, -0.25) is 4.79 Å². The van der Waals surface area contributed by atoms with E-state index in [-0.39, 0.29) is 5.91 Å². The molecule has 0 bridgehead atoms. The van der Waals surface area contributed by atoms with Gasteiger partial charge in [-0.15, -0.1) is 0 Å². The SMILES string of the molecule is CNC(=O)c1cc2cc(Cc3ccc(Cl)cc3C(=O)OC)ccc2n1Cc1ccccc1. The number of ether oxygens (including phenoxy) is 1. The largest absolute Gasteiger partial charge is 0.465 e. The molecule has 1 amide bonds. The van der Waals surface area contributed by atoms with E-state index in [2.05, 4.69) is 11.4 Å². The number of hydrogen-bond donors (Lipinski definition) is 1. The Morgan fingerprint density at radius 2 is 1.75 bits per heavy atom. The zero-order valence-corrected chi connectivity index (χ0v) is 18.6. The van der Waals surface area contributed by atoms with Gasteiger partial charge in [0, 0.05) is 29.5 Å². The van der Waals surface area contributed by atoms with E-state index in [9.17, 15) is 9.59 Å². The Bertz CT molecular complexity index is 1300. The summed E-state index contributed by atoms with van der Waals surface area (Å²) in [5.74, 6) is -0.552. The molecule has 3 aromatic carbocycles. The minimum atomic E-state index is -0.417. The molecule has 4 aromatic rings. The third-order valence-electron chi connectivity index (χ3n) is 5.48. The average molecular weight is 447 g/mol. The summed E-state index contributed by atoms with van der Waals surface area (Å²) in [5.41, 5.74) is 4.99. The Labute approximate surface area is 191 Å². The molecule has 5 nitrogen and oxygen atoms in total. The highest BCUT2D eigenvalue weighted by Crippen LogP contribution is 2.26. The Hall–Kier alpha value is -3.57. The lowest BCUT2D eigenvalue weighted by atomic mass is 9.99. The molecule has 0 atom stereocenters. The summed E-state index contributed by atoms with van der Waals surface area (Å²) in [6, 6.07) is 23.3. The number of rotatable bonds is 6. The van der Waals surface area contributed by atoms with Gasteiger partial charge in [0.05, 0.1) is 12.7 Å². The number of methoxy groups -OCH3 is 1. The summed E-state index contributed by atoms with van der Waals surface area (Å²) >= 11 is 6.08. The van der Waals surface area contributed by atoms with Crippen molar-refractivity contribution in [2.24, 2.45) is 0 Å². The molecule has 0 aliphatic carbocycles. The van der Waals surface area contributed by atoms with E-state index in [1.54, 1.807) is 19.2 Å². The summed E-state index contributed by atoms with van der Waals surface area (Å²) in [6.07, 6.45) is 0.538. The summed E-state index contributed by atoms with van der Waals surface area (Å²) in [6.45, 7) is 0.593. The second-order valence-electron chi connectivity index (χ2n) is 7.54. The first-order valence-electron chi connectivity index (χ1n) is 10.2. The van der Waals surface area contributed by atoms with Gasteiger partial charge in [0.15, 0.2) is 0 Å². The number of fused-ring (bicyclic) bond motifs is 1. The minimum Gasteiger partial charge on any atom is -0.465 e. The number of esters is 1. The highest BCUT2D eigenvalue weighted by molar-refractivity contribution is 6.31. The van der Waals surface area contributed by atoms with Crippen LogP contribution >= 0.6 is 11.6 Å². The van der Waals surface area contributed by atoms with Gasteiger partial charge in [-0.25, -0.2) is 4.79 Å². The maximum absolute atomic E-state index is 12.6. The molecule has 0 aliphatic rings. The zero-order valence-electron chi connectivity index (χ0n) is 17.9. The first kappa shape index (κ1) is 21.7. The van der Waals surface area contributed by atoms with Crippen LogP contribution in [0.25, 0.3) is 10.9 Å². The van der Waals surface area contributed by atoms with Crippen LogP contribution in [0.5, 0.6) is 0 Å². The molecule has 0 unspecified atom stereocenters. The maximum Gasteiger partial charge on any atom is 0.338 e. The molecule has 1 N–H and O–H groups in total. The van der Waals surface area contributed by atoms with Crippen molar-refractivity contribution in [2.45, 2.75) is 13.0 Å². The summed E-state index contributed by atoms with van der Waals surface area (Å²) in [5, 5.41) is 4.18. The molecule has 0 radical (unpaired) electrons. The molecule has 1 heterocycles. The van der Waals surface area contributed by atoms with Gasteiger partial charge < -0.3 is 14.6 Å². The lowest BCUT2D eigenvalue weighted by Crippen LogP contribution is -2.21. The number of carbonyl (C=O) groups is 2. The molecule has 1 aromatic heterocycles. The van der Waals surface area contributed by atoms with Crippen LogP contribution in [-0.2, 0) is 17.7 Å². The van der Waals surface area contributed by atoms with Crippen LogP contribution in [0.15, 0.2) is 72.8 Å². The first-order chi connectivity index (χ1) is 15.5. The number of nitrogens with zero attached hydrogens (tertiary/aromatic N) is 1. The molecular formula is C26H23ClN2O3. The van der Waals surface area contributed by atoms with Crippen LogP contribution in [0.3, 0.4) is 0 Å². The van der Waals surface area contributed by atoms with Crippen LogP contribution in [0.4, 0.5) is 0 Å². The summed E-state index contributed by atoms with van der Waals surface area (Å²) in [4.78, 5) is 24.7. The van der Waals surface area contributed by atoms with Gasteiger partial charge in [-0.05, 0) is 53.4 Å². The van der Waals surface area contributed by atoms with Gasteiger partial charge in [-0.2, -0.15) is 0 Å². The molecule has 32 heavy (non-hydrogen) atoms. The number of aromatic nitrogens is 1. The van der Waals surface area contributed by atoms with E-state index < -0.39 is 5.97 Å². The molecule has 0 saturated carbocycles. The summed E-state index contributed by atoms with van der Waals surface area (Å²) < 4.78 is 6.93. The lowest BCUT2D eigenvalue weighted by Gasteiger charge is -2.11. The molecular weight excluding hydrogens is 424 g/mol. The van der Waals surface area contributed by atoms with Crippen molar-refractivity contribution in [3.8, 4) is 0 Å². The molecule has 0 fully saturated rings. The van der Waals surface area contributed by atoms with Crippen LogP contribution in [0.1, 0.15) is 37.5 Å². The van der Waals surface area contributed by atoms with Crippen LogP contribution < -0.4 is 5.32 Å². The highest BCUT2D eigenvalue weighted by Gasteiger charge is 2.17. The number of hydrogen-bond acceptors (Lipinski definition) is 3. The van der Waals surface area contributed by atoms with Gasteiger partial charge in [0.25, 0.3) is 5.91 Å². The number of halogens is 1. The van der Waals surface area contributed by atoms with Crippen LogP contribution in [-0.4, -0.2) is 30.6 Å². The van der Waals surface area contributed by atoms with Crippen molar-refractivity contribution < 1.29 is 14.3 Å². The predicted octanol–water partition coefficient (Wildman–Crippen LogP) is 5.08. The minimum absolute atomic E-state index is 0.135. The van der Waals surface area contributed by atoms with Gasteiger partial charge >= 0.3 is 5.97 Å². The molecule has 0 spiro atoms. The smallest absolute Gasteiger partial charge is 0.338 e. The van der Waals surface area contributed by atoms with Gasteiger partial charge in [-0.1, -0.05) is 54.1 Å². The van der Waals surface area contributed by atoms with Gasteiger partial charge in [0.2, 0.25) is 0 Å². The predicted molar refractivity (Wildman–Crippen MR) is 126 cm³/mol. The van der Waals surface area contributed by atoms with E-state index in [0.29, 0.717) is 29.2 Å². The third-order valence-corrected chi connectivity index (χ3v) is 5.72. The quantitative estimate of drug-likeness (QED) is 0.420. The van der Waals surface area contributed by atoms with Crippen molar-refractivity contribution in [2.75, 3.05) is 14.2 Å². The molecule has 4 rings (SSSR count). The fourth-order valence-corrected chi connectivity index (χ4v) is 4.08. The van der Waals surface area contributed by atoms with E-state index in [0.717, 1.165) is 27.6 Å². The Kier molecular flexibility index (Phi) is 6.28. The van der Waals surface area contributed by atoms with E-state index in [1.807, 2.05) is 59.2 Å². The second-order valence-corrected chi connectivity index (χ2v) is 7.98. The standard InChI is InChI=1S/C26H23ClN2O3/c1-28-25(30)24-14-20-13-18(12-19-9-10-21(27)15-22(19)26(31)32-2)8-11-23(20)29(24)16-17-6-4-3-5-7-17/h3-11,13-15H,12,16H2,1-2H3,(H,28,30).